The van der Waals surface area contributed by atoms with E-state index < -0.39 is 5.92 Å². The first kappa shape index (κ1) is 16.5. The van der Waals surface area contributed by atoms with E-state index in [1.54, 1.807) is 41.3 Å². The first-order valence-electron chi connectivity index (χ1n) is 8.83. The van der Waals surface area contributed by atoms with Crippen LogP contribution in [-0.4, -0.2) is 35.1 Å². The molecule has 2 aliphatic rings. The summed E-state index contributed by atoms with van der Waals surface area (Å²) in [4.78, 5) is 38.5. The molecule has 1 aliphatic carbocycles. The number of amides is 1. The highest BCUT2D eigenvalue weighted by atomic mass is 16.5. The molecule has 5 heteroatoms. The van der Waals surface area contributed by atoms with Gasteiger partial charge in [0, 0.05) is 30.1 Å². The van der Waals surface area contributed by atoms with Crippen molar-refractivity contribution in [3.8, 4) is 5.75 Å². The van der Waals surface area contributed by atoms with Crippen LogP contribution in [-0.2, 0) is 9.59 Å². The van der Waals surface area contributed by atoms with Crippen molar-refractivity contribution in [3.05, 3.63) is 65.7 Å². The van der Waals surface area contributed by atoms with Gasteiger partial charge in [-0.1, -0.05) is 30.3 Å². The van der Waals surface area contributed by atoms with Gasteiger partial charge in [0.2, 0.25) is 5.91 Å². The average molecular weight is 349 g/mol. The molecule has 0 bridgehead atoms. The standard InChI is InChI=1S/C21H19NO4/c23-19-12-16(13-22(19)17-8-9-17)21(25)26-18-10-6-15(7-11-18)20(24)14-4-2-1-3-5-14/h1-7,10-11,16-17H,8-9,12-13H2/t16-/m0/s1. The largest absolute Gasteiger partial charge is 0.426 e. The fourth-order valence-corrected chi connectivity index (χ4v) is 3.26. The molecule has 1 aliphatic heterocycles. The van der Waals surface area contributed by atoms with Crippen LogP contribution < -0.4 is 4.74 Å². The van der Waals surface area contributed by atoms with Crippen LogP contribution in [0.3, 0.4) is 0 Å². The number of esters is 1. The second-order valence-corrected chi connectivity index (χ2v) is 6.82. The summed E-state index contributed by atoms with van der Waals surface area (Å²) in [6, 6.07) is 15.9. The van der Waals surface area contributed by atoms with E-state index in [4.69, 9.17) is 4.74 Å². The van der Waals surface area contributed by atoms with Crippen LogP contribution in [0.5, 0.6) is 5.75 Å². The Morgan fingerprint density at radius 3 is 2.23 bits per heavy atom. The van der Waals surface area contributed by atoms with Gasteiger partial charge in [-0.2, -0.15) is 0 Å². The zero-order valence-electron chi connectivity index (χ0n) is 14.3. The molecule has 0 N–H and O–H groups in total. The molecule has 1 heterocycles. The number of carbonyl (C=O) groups excluding carboxylic acids is 3. The molecule has 0 spiro atoms. The molecule has 2 fully saturated rings. The van der Waals surface area contributed by atoms with Crippen molar-refractivity contribution >= 4 is 17.7 Å². The third kappa shape index (κ3) is 3.38. The van der Waals surface area contributed by atoms with Gasteiger partial charge in [-0.25, -0.2) is 0 Å². The second kappa shape index (κ2) is 6.75. The molecule has 1 saturated carbocycles. The fraction of sp³-hybridized carbons (Fsp3) is 0.286. The van der Waals surface area contributed by atoms with Crippen LogP contribution >= 0.6 is 0 Å². The number of hydrogen-bond donors (Lipinski definition) is 0. The second-order valence-electron chi connectivity index (χ2n) is 6.82. The van der Waals surface area contributed by atoms with Crippen molar-refractivity contribution in [2.45, 2.75) is 25.3 Å². The summed E-state index contributed by atoms with van der Waals surface area (Å²) in [5.41, 5.74) is 1.15. The topological polar surface area (TPSA) is 63.7 Å². The van der Waals surface area contributed by atoms with Crippen LogP contribution in [0.25, 0.3) is 0 Å². The van der Waals surface area contributed by atoms with Gasteiger partial charge in [-0.3, -0.25) is 14.4 Å². The van der Waals surface area contributed by atoms with Crippen LogP contribution in [0.2, 0.25) is 0 Å². The molecule has 4 rings (SSSR count). The smallest absolute Gasteiger partial charge is 0.316 e. The number of likely N-dealkylation sites (tertiary alicyclic amines) is 1. The Labute approximate surface area is 151 Å². The molecule has 5 nitrogen and oxygen atoms in total. The summed E-state index contributed by atoms with van der Waals surface area (Å²) in [7, 11) is 0. The van der Waals surface area contributed by atoms with Crippen LogP contribution in [0.4, 0.5) is 0 Å². The predicted octanol–water partition coefficient (Wildman–Crippen LogP) is 2.83. The number of hydrogen-bond acceptors (Lipinski definition) is 4. The van der Waals surface area contributed by atoms with Gasteiger partial charge in [0.15, 0.2) is 5.78 Å². The van der Waals surface area contributed by atoms with Gasteiger partial charge < -0.3 is 9.64 Å². The van der Waals surface area contributed by atoms with Gasteiger partial charge in [0.25, 0.3) is 0 Å². The summed E-state index contributed by atoms with van der Waals surface area (Å²) in [5, 5.41) is 0. The summed E-state index contributed by atoms with van der Waals surface area (Å²) < 4.78 is 5.41. The van der Waals surface area contributed by atoms with E-state index >= 15 is 0 Å². The monoisotopic (exact) mass is 349 g/mol. The lowest BCUT2D eigenvalue weighted by atomic mass is 10.0. The number of ether oxygens (including phenoxy) is 1. The van der Waals surface area contributed by atoms with E-state index in [0.29, 0.717) is 29.5 Å². The minimum absolute atomic E-state index is 0.0401. The zero-order valence-corrected chi connectivity index (χ0v) is 14.3. The van der Waals surface area contributed by atoms with Crippen LogP contribution in [0, 0.1) is 5.92 Å². The normalized spacial score (nSPS) is 19.5. The Bertz CT molecular complexity index is 840. The lowest BCUT2D eigenvalue weighted by molar-refractivity contribution is -0.139. The average Bonchev–Trinajstić information content (AvgIpc) is 3.44. The van der Waals surface area contributed by atoms with E-state index in [-0.39, 0.29) is 24.1 Å². The lowest BCUT2D eigenvalue weighted by Crippen LogP contribution is -2.29. The summed E-state index contributed by atoms with van der Waals surface area (Å²) in [5.74, 6) is -0.447. The van der Waals surface area contributed by atoms with Gasteiger partial charge in [-0.05, 0) is 37.1 Å². The molecule has 1 amide bonds. The number of nitrogens with zero attached hydrogens (tertiary/aromatic N) is 1. The molecule has 1 atom stereocenters. The lowest BCUT2D eigenvalue weighted by Gasteiger charge is -2.15. The van der Waals surface area contributed by atoms with E-state index in [0.717, 1.165) is 12.8 Å². The Balaban J connectivity index is 1.39. The first-order chi connectivity index (χ1) is 12.6. The van der Waals surface area contributed by atoms with Crippen molar-refractivity contribution in [3.63, 3.8) is 0 Å². The van der Waals surface area contributed by atoms with Gasteiger partial charge in [0.05, 0.1) is 5.92 Å². The summed E-state index contributed by atoms with van der Waals surface area (Å²) in [6.07, 6.45) is 2.29. The Hall–Kier alpha value is -2.95. The van der Waals surface area contributed by atoms with Crippen LogP contribution in [0.1, 0.15) is 35.2 Å². The van der Waals surface area contributed by atoms with Gasteiger partial charge in [-0.15, -0.1) is 0 Å². The highest BCUT2D eigenvalue weighted by Gasteiger charge is 2.42. The van der Waals surface area contributed by atoms with E-state index in [9.17, 15) is 14.4 Å². The highest BCUT2D eigenvalue weighted by Crippen LogP contribution is 2.33. The van der Waals surface area contributed by atoms with E-state index in [2.05, 4.69) is 0 Å². The van der Waals surface area contributed by atoms with Crippen molar-refractivity contribution in [2.75, 3.05) is 6.54 Å². The Kier molecular flexibility index (Phi) is 4.29. The molecule has 0 radical (unpaired) electrons. The number of ketones is 1. The summed E-state index contributed by atoms with van der Waals surface area (Å²) in [6.45, 7) is 0.451. The molecule has 132 valence electrons. The Morgan fingerprint density at radius 1 is 0.923 bits per heavy atom. The van der Waals surface area contributed by atoms with Gasteiger partial charge in [0.1, 0.15) is 5.75 Å². The minimum atomic E-state index is -0.409. The van der Waals surface area contributed by atoms with Crippen molar-refractivity contribution in [1.29, 1.82) is 0 Å². The van der Waals surface area contributed by atoms with E-state index in [1.165, 1.54) is 0 Å². The first-order valence-corrected chi connectivity index (χ1v) is 8.83. The van der Waals surface area contributed by atoms with Crippen molar-refractivity contribution < 1.29 is 19.1 Å². The number of carbonyl (C=O) groups is 3. The fourth-order valence-electron chi connectivity index (χ4n) is 3.26. The number of rotatable bonds is 5. The highest BCUT2D eigenvalue weighted by molar-refractivity contribution is 6.09. The molecule has 2 aromatic rings. The molecule has 1 saturated heterocycles. The van der Waals surface area contributed by atoms with Crippen LogP contribution in [0.15, 0.2) is 54.6 Å². The minimum Gasteiger partial charge on any atom is -0.426 e. The zero-order chi connectivity index (χ0) is 18.1. The maximum atomic E-state index is 12.4. The number of benzene rings is 2. The predicted molar refractivity (Wildman–Crippen MR) is 94.8 cm³/mol. The SMILES string of the molecule is O=C(c1ccccc1)c1ccc(OC(=O)[C@H]2CC(=O)N(C3CC3)C2)cc1. The molecule has 26 heavy (non-hydrogen) atoms. The van der Waals surface area contributed by atoms with E-state index in [1.807, 2.05) is 18.2 Å². The molecule has 2 aromatic carbocycles. The molecule has 0 unspecified atom stereocenters. The molecular formula is C21H19NO4. The maximum absolute atomic E-state index is 12.4. The third-order valence-corrected chi connectivity index (χ3v) is 4.85. The third-order valence-electron chi connectivity index (χ3n) is 4.85. The maximum Gasteiger partial charge on any atom is 0.316 e. The Morgan fingerprint density at radius 2 is 1.58 bits per heavy atom. The van der Waals surface area contributed by atoms with Crippen molar-refractivity contribution in [2.24, 2.45) is 5.92 Å². The molecular weight excluding hydrogens is 330 g/mol. The summed E-state index contributed by atoms with van der Waals surface area (Å²) >= 11 is 0. The van der Waals surface area contributed by atoms with Gasteiger partial charge >= 0.3 is 5.97 Å². The van der Waals surface area contributed by atoms with Crippen molar-refractivity contribution in [1.82, 2.24) is 4.90 Å². The molecule has 0 aromatic heterocycles. The quantitative estimate of drug-likeness (QED) is 0.473.